The van der Waals surface area contributed by atoms with Crippen LogP contribution in [-0.4, -0.2) is 30.7 Å². The zero-order valence-electron chi connectivity index (χ0n) is 10.1. The van der Waals surface area contributed by atoms with Crippen LogP contribution in [0.2, 0.25) is 0 Å². The third-order valence-electron chi connectivity index (χ3n) is 2.87. The molecule has 1 aromatic carbocycles. The maximum atomic E-state index is 10.8. The van der Waals surface area contributed by atoms with E-state index >= 15 is 0 Å². The minimum atomic E-state index is -0.859. The van der Waals surface area contributed by atoms with Gasteiger partial charge in [-0.1, -0.05) is 18.2 Å². The molecular weight excluding hydrogens is 232 g/mol. The van der Waals surface area contributed by atoms with Crippen LogP contribution in [0, 0.1) is 0 Å². The van der Waals surface area contributed by atoms with Crippen molar-refractivity contribution in [2.45, 2.75) is 12.6 Å². The van der Waals surface area contributed by atoms with E-state index in [-0.39, 0.29) is 0 Å². The number of aliphatic carboxylic acids is 1. The minimum Gasteiger partial charge on any atom is -0.480 e. The zero-order chi connectivity index (χ0) is 13.0. The van der Waals surface area contributed by atoms with Crippen molar-refractivity contribution in [1.82, 2.24) is 10.6 Å². The van der Waals surface area contributed by atoms with Crippen LogP contribution in [0.25, 0.3) is 11.0 Å². The van der Waals surface area contributed by atoms with E-state index in [1.165, 1.54) is 0 Å². The number of fused-ring (bicyclic) bond motifs is 1. The Kier molecular flexibility index (Phi) is 3.96. The normalized spacial score (nSPS) is 12.7. The van der Waals surface area contributed by atoms with Crippen molar-refractivity contribution < 1.29 is 14.3 Å². The summed E-state index contributed by atoms with van der Waals surface area (Å²) in [6.45, 7) is 0.952. The molecule has 0 saturated heterocycles. The molecule has 0 aliphatic heterocycles. The molecule has 3 N–H and O–H groups in total. The van der Waals surface area contributed by atoms with Gasteiger partial charge in [-0.2, -0.15) is 0 Å². The number of carbonyl (C=O) groups is 1. The molecule has 0 fully saturated rings. The van der Waals surface area contributed by atoms with Gasteiger partial charge in [-0.25, -0.2) is 0 Å². The highest BCUT2D eigenvalue weighted by Crippen LogP contribution is 2.20. The number of para-hydroxylation sites is 1. The van der Waals surface area contributed by atoms with Crippen molar-refractivity contribution in [1.29, 1.82) is 0 Å². The van der Waals surface area contributed by atoms with Crippen LogP contribution in [-0.2, 0) is 11.3 Å². The lowest BCUT2D eigenvalue weighted by Gasteiger charge is -2.11. The summed E-state index contributed by atoms with van der Waals surface area (Å²) < 4.78 is 5.41. The maximum Gasteiger partial charge on any atom is 0.322 e. The first-order valence-electron chi connectivity index (χ1n) is 5.78. The number of hydrogen-bond acceptors (Lipinski definition) is 4. The summed E-state index contributed by atoms with van der Waals surface area (Å²) in [7, 11) is 1.63. The van der Waals surface area contributed by atoms with Gasteiger partial charge in [0.05, 0.1) is 6.26 Å². The predicted octanol–water partition coefficient (Wildman–Crippen LogP) is 1.20. The molecule has 0 amide bonds. The molecule has 1 heterocycles. The van der Waals surface area contributed by atoms with Crippen LogP contribution < -0.4 is 10.6 Å². The molecular formula is C13H16N2O3. The lowest BCUT2D eigenvalue weighted by Crippen LogP contribution is -2.42. The topological polar surface area (TPSA) is 74.5 Å². The molecule has 5 heteroatoms. The largest absolute Gasteiger partial charge is 0.480 e. The number of carboxylic acids is 1. The molecule has 1 unspecified atom stereocenters. The van der Waals surface area contributed by atoms with E-state index in [0.717, 1.165) is 16.5 Å². The van der Waals surface area contributed by atoms with Crippen LogP contribution in [0.4, 0.5) is 0 Å². The van der Waals surface area contributed by atoms with Gasteiger partial charge >= 0.3 is 5.97 Å². The lowest BCUT2D eigenvalue weighted by atomic mass is 10.2. The van der Waals surface area contributed by atoms with Gasteiger partial charge in [-0.3, -0.25) is 4.79 Å². The number of nitrogens with one attached hydrogen (secondary N) is 2. The number of likely N-dealkylation sites (N-methyl/N-ethyl adjacent to an activating group) is 1. The molecule has 0 aliphatic rings. The Morgan fingerprint density at radius 2 is 2.22 bits per heavy atom. The van der Waals surface area contributed by atoms with E-state index in [9.17, 15) is 4.79 Å². The SMILES string of the molecule is CNC(CNCc1coc2ccccc12)C(=O)O. The van der Waals surface area contributed by atoms with E-state index in [4.69, 9.17) is 9.52 Å². The second kappa shape index (κ2) is 5.66. The molecule has 0 radical (unpaired) electrons. The van der Waals surface area contributed by atoms with Crippen molar-refractivity contribution in [3.05, 3.63) is 36.1 Å². The van der Waals surface area contributed by atoms with Crippen LogP contribution in [0.5, 0.6) is 0 Å². The summed E-state index contributed by atoms with van der Waals surface area (Å²) in [6.07, 6.45) is 1.70. The average Bonchev–Trinajstić information content (AvgIpc) is 2.78. The molecule has 5 nitrogen and oxygen atoms in total. The molecule has 96 valence electrons. The first kappa shape index (κ1) is 12.6. The lowest BCUT2D eigenvalue weighted by molar-refractivity contribution is -0.139. The van der Waals surface area contributed by atoms with Crippen molar-refractivity contribution in [2.24, 2.45) is 0 Å². The van der Waals surface area contributed by atoms with E-state index in [0.29, 0.717) is 13.1 Å². The highest BCUT2D eigenvalue weighted by molar-refractivity contribution is 5.80. The molecule has 1 atom stereocenters. The standard InChI is InChI=1S/C13H16N2O3/c1-14-11(13(16)17)7-15-6-9-8-18-12-5-3-2-4-10(9)12/h2-5,8,11,14-15H,6-7H2,1H3,(H,16,17). The van der Waals surface area contributed by atoms with Crippen molar-refractivity contribution in [3.63, 3.8) is 0 Å². The number of rotatable bonds is 6. The maximum absolute atomic E-state index is 10.8. The van der Waals surface area contributed by atoms with Gasteiger partial charge in [-0.15, -0.1) is 0 Å². The summed E-state index contributed by atoms with van der Waals surface area (Å²) in [5, 5.41) is 15.8. The monoisotopic (exact) mass is 248 g/mol. The molecule has 0 bridgehead atoms. The van der Waals surface area contributed by atoms with Crippen molar-refractivity contribution in [2.75, 3.05) is 13.6 Å². The quantitative estimate of drug-likeness (QED) is 0.716. The van der Waals surface area contributed by atoms with E-state index in [1.54, 1.807) is 13.3 Å². The summed E-state index contributed by atoms with van der Waals surface area (Å²) in [4.78, 5) is 10.8. The third kappa shape index (κ3) is 2.69. The molecule has 0 spiro atoms. The second-order valence-electron chi connectivity index (χ2n) is 4.07. The fourth-order valence-electron chi connectivity index (χ4n) is 1.83. The summed E-state index contributed by atoms with van der Waals surface area (Å²) in [6, 6.07) is 7.19. The number of benzene rings is 1. The Morgan fingerprint density at radius 1 is 1.44 bits per heavy atom. The highest BCUT2D eigenvalue weighted by Gasteiger charge is 2.14. The Hall–Kier alpha value is -1.85. The van der Waals surface area contributed by atoms with Crippen molar-refractivity contribution >= 4 is 16.9 Å². The summed E-state index contributed by atoms with van der Waals surface area (Å²) in [5.74, 6) is -0.859. The Bertz CT molecular complexity index is 536. The Labute approximate surface area is 105 Å². The third-order valence-corrected chi connectivity index (χ3v) is 2.87. The first-order chi connectivity index (χ1) is 8.72. The van der Waals surface area contributed by atoms with E-state index < -0.39 is 12.0 Å². The van der Waals surface area contributed by atoms with E-state index in [2.05, 4.69) is 10.6 Å². The summed E-state index contributed by atoms with van der Waals surface area (Å²) >= 11 is 0. The Balaban J connectivity index is 1.96. The van der Waals surface area contributed by atoms with Gasteiger partial charge in [0.1, 0.15) is 11.6 Å². The fraction of sp³-hybridized carbons (Fsp3) is 0.308. The van der Waals surface area contributed by atoms with Gasteiger partial charge in [0, 0.05) is 24.0 Å². The van der Waals surface area contributed by atoms with Gasteiger partial charge < -0.3 is 20.2 Å². The highest BCUT2D eigenvalue weighted by atomic mass is 16.4. The molecule has 2 rings (SSSR count). The van der Waals surface area contributed by atoms with Crippen LogP contribution in [0.15, 0.2) is 34.9 Å². The zero-order valence-corrected chi connectivity index (χ0v) is 10.1. The molecule has 0 saturated carbocycles. The predicted molar refractivity (Wildman–Crippen MR) is 68.4 cm³/mol. The first-order valence-corrected chi connectivity index (χ1v) is 5.78. The van der Waals surface area contributed by atoms with Gasteiger partial charge in [0.15, 0.2) is 0 Å². The molecule has 0 aliphatic carbocycles. The van der Waals surface area contributed by atoms with Crippen molar-refractivity contribution in [3.8, 4) is 0 Å². The van der Waals surface area contributed by atoms with Gasteiger partial charge in [0.25, 0.3) is 0 Å². The second-order valence-corrected chi connectivity index (χ2v) is 4.07. The Morgan fingerprint density at radius 3 is 2.94 bits per heavy atom. The summed E-state index contributed by atoms with van der Waals surface area (Å²) in [5.41, 5.74) is 1.88. The minimum absolute atomic E-state index is 0.366. The molecule has 2 aromatic rings. The average molecular weight is 248 g/mol. The molecule has 18 heavy (non-hydrogen) atoms. The van der Waals surface area contributed by atoms with E-state index in [1.807, 2.05) is 24.3 Å². The molecule has 1 aromatic heterocycles. The number of furan rings is 1. The smallest absolute Gasteiger partial charge is 0.322 e. The van der Waals surface area contributed by atoms with Crippen LogP contribution in [0.1, 0.15) is 5.56 Å². The van der Waals surface area contributed by atoms with Gasteiger partial charge in [-0.05, 0) is 13.1 Å². The fourth-order valence-corrected chi connectivity index (χ4v) is 1.83. The van der Waals surface area contributed by atoms with Crippen LogP contribution >= 0.6 is 0 Å². The van der Waals surface area contributed by atoms with Gasteiger partial charge in [0.2, 0.25) is 0 Å². The number of hydrogen-bond donors (Lipinski definition) is 3. The number of carboxylic acid groups (broad SMARTS) is 1. The van der Waals surface area contributed by atoms with Crippen LogP contribution in [0.3, 0.4) is 0 Å².